The number of sulfone groups is 1. The van der Waals surface area contributed by atoms with E-state index in [1.165, 1.54) is 6.26 Å². The Labute approximate surface area is 182 Å². The van der Waals surface area contributed by atoms with Gasteiger partial charge in [0.15, 0.2) is 9.84 Å². The molecule has 3 atom stereocenters. The second kappa shape index (κ2) is 8.20. The van der Waals surface area contributed by atoms with Crippen molar-refractivity contribution in [2.24, 2.45) is 5.73 Å². The molecule has 2 N–H and O–H groups in total. The zero-order valence-corrected chi connectivity index (χ0v) is 18.3. The van der Waals surface area contributed by atoms with Crippen LogP contribution in [0.2, 0.25) is 5.02 Å². The lowest BCUT2D eigenvalue weighted by Gasteiger charge is -2.38. The Bertz CT molecular complexity index is 1110. The first-order chi connectivity index (χ1) is 14.3. The van der Waals surface area contributed by atoms with Gasteiger partial charge in [0.2, 0.25) is 0 Å². The summed E-state index contributed by atoms with van der Waals surface area (Å²) in [6, 6.07) is 12.4. The Morgan fingerprint density at radius 1 is 1.27 bits per heavy atom. The first kappa shape index (κ1) is 21.1. The maximum absolute atomic E-state index is 12.1. The minimum absolute atomic E-state index is 0.0351. The zero-order chi connectivity index (χ0) is 21.5. The molecule has 1 saturated heterocycles. The van der Waals surface area contributed by atoms with E-state index in [1.54, 1.807) is 30.3 Å². The quantitative estimate of drug-likeness (QED) is 0.776. The first-order valence-corrected chi connectivity index (χ1v) is 12.2. The third-order valence-corrected chi connectivity index (χ3v) is 7.31. The summed E-state index contributed by atoms with van der Waals surface area (Å²) in [6.45, 7) is 1.70. The maximum atomic E-state index is 12.1. The van der Waals surface area contributed by atoms with Gasteiger partial charge in [-0.3, -0.25) is 4.90 Å². The summed E-state index contributed by atoms with van der Waals surface area (Å²) in [5.74, 6) is 0.476. The molecule has 2 aromatic carbocycles. The molecule has 1 aliphatic carbocycles. The van der Waals surface area contributed by atoms with Gasteiger partial charge < -0.3 is 10.5 Å². The number of nitrogens with zero attached hydrogens (tertiary/aromatic N) is 2. The largest absolute Gasteiger partial charge is 0.482 e. The number of halogens is 1. The van der Waals surface area contributed by atoms with Gasteiger partial charge in [-0.2, -0.15) is 5.26 Å². The Morgan fingerprint density at radius 3 is 2.73 bits per heavy atom. The number of fused-ring (bicyclic) bond motifs is 1. The van der Waals surface area contributed by atoms with Crippen molar-refractivity contribution in [3.05, 3.63) is 58.1 Å². The van der Waals surface area contributed by atoms with Gasteiger partial charge in [-0.25, -0.2) is 8.42 Å². The Hall–Kier alpha value is -2.11. The monoisotopic (exact) mass is 445 g/mol. The highest BCUT2D eigenvalue weighted by Crippen LogP contribution is 2.41. The number of ether oxygens (including phenoxy) is 1. The first-order valence-electron chi connectivity index (χ1n) is 9.95. The van der Waals surface area contributed by atoms with Gasteiger partial charge in [0.05, 0.1) is 27.6 Å². The van der Waals surface area contributed by atoms with E-state index in [9.17, 15) is 8.42 Å². The van der Waals surface area contributed by atoms with Gasteiger partial charge in [-0.15, -0.1) is 0 Å². The van der Waals surface area contributed by atoms with Gasteiger partial charge in [0.1, 0.15) is 11.9 Å². The molecule has 1 fully saturated rings. The van der Waals surface area contributed by atoms with E-state index in [2.05, 4.69) is 11.0 Å². The number of nitrogens with two attached hydrogens (primary N) is 1. The normalized spacial score (nSPS) is 24.3. The van der Waals surface area contributed by atoms with E-state index in [0.29, 0.717) is 16.3 Å². The van der Waals surface area contributed by atoms with E-state index in [-0.39, 0.29) is 23.1 Å². The third kappa shape index (κ3) is 4.19. The smallest absolute Gasteiger partial charge is 0.175 e. The molecule has 2 aromatic rings. The fourth-order valence-corrected chi connectivity index (χ4v) is 5.28. The van der Waals surface area contributed by atoms with Crippen LogP contribution in [0, 0.1) is 11.3 Å². The van der Waals surface area contributed by atoms with E-state index < -0.39 is 9.84 Å². The number of piperidine rings is 1. The van der Waals surface area contributed by atoms with Gasteiger partial charge >= 0.3 is 0 Å². The van der Waals surface area contributed by atoms with E-state index in [1.807, 2.05) is 6.07 Å². The molecule has 0 saturated carbocycles. The molecule has 3 unspecified atom stereocenters. The number of nitriles is 1. The Balaban J connectivity index is 1.73. The van der Waals surface area contributed by atoms with Gasteiger partial charge in [0.25, 0.3) is 0 Å². The molecule has 0 bridgehead atoms. The van der Waals surface area contributed by atoms with Crippen molar-refractivity contribution in [2.75, 3.05) is 19.3 Å². The average molecular weight is 446 g/mol. The van der Waals surface area contributed by atoms with E-state index >= 15 is 0 Å². The fraction of sp³-hybridized carbons (Fsp3) is 0.409. The summed E-state index contributed by atoms with van der Waals surface area (Å²) < 4.78 is 30.6. The molecular weight excluding hydrogens is 422 g/mol. The predicted molar refractivity (Wildman–Crippen MR) is 115 cm³/mol. The molecule has 2 aliphatic rings. The van der Waals surface area contributed by atoms with Crippen LogP contribution in [0.5, 0.6) is 5.75 Å². The second-order valence-corrected chi connectivity index (χ2v) is 10.5. The van der Waals surface area contributed by atoms with Crippen LogP contribution in [0.25, 0.3) is 0 Å². The predicted octanol–water partition coefficient (Wildman–Crippen LogP) is 3.08. The minimum Gasteiger partial charge on any atom is -0.482 e. The van der Waals surface area contributed by atoms with Crippen LogP contribution in [0.3, 0.4) is 0 Å². The second-order valence-electron chi connectivity index (χ2n) is 8.10. The van der Waals surface area contributed by atoms with Crippen molar-refractivity contribution in [3.8, 4) is 11.8 Å². The molecule has 0 radical (unpaired) electrons. The van der Waals surface area contributed by atoms with Crippen LogP contribution in [0.1, 0.15) is 35.6 Å². The van der Waals surface area contributed by atoms with Crippen LogP contribution in [-0.4, -0.2) is 44.7 Å². The van der Waals surface area contributed by atoms with Gasteiger partial charge in [-0.05, 0) is 67.3 Å². The Kier molecular flexibility index (Phi) is 5.78. The van der Waals surface area contributed by atoms with Crippen molar-refractivity contribution >= 4 is 21.4 Å². The molecule has 0 aromatic heterocycles. The van der Waals surface area contributed by atoms with E-state index in [0.717, 1.165) is 43.5 Å². The number of hydrogen-bond donors (Lipinski definition) is 1. The highest BCUT2D eigenvalue weighted by Gasteiger charge is 2.40. The van der Waals surface area contributed by atoms with Crippen LogP contribution < -0.4 is 10.5 Å². The van der Waals surface area contributed by atoms with Crippen molar-refractivity contribution in [3.63, 3.8) is 0 Å². The SMILES string of the molecule is CS(=O)(=O)c1ccc2c(c1)C(Oc1ccc(C#N)cc1Cl)C(N1CCCC(N)C1)C2. The molecule has 8 heteroatoms. The van der Waals surface area contributed by atoms with Gasteiger partial charge in [-0.1, -0.05) is 17.7 Å². The molecule has 158 valence electrons. The van der Waals surface area contributed by atoms with Crippen molar-refractivity contribution in [2.45, 2.75) is 42.3 Å². The van der Waals surface area contributed by atoms with Crippen LogP contribution >= 0.6 is 11.6 Å². The molecule has 4 rings (SSSR count). The molecule has 6 nitrogen and oxygen atoms in total. The van der Waals surface area contributed by atoms with Crippen molar-refractivity contribution < 1.29 is 13.2 Å². The summed E-state index contributed by atoms with van der Waals surface area (Å²) in [6.07, 6.45) is 3.61. The summed E-state index contributed by atoms with van der Waals surface area (Å²) in [7, 11) is -3.34. The minimum atomic E-state index is -3.34. The summed E-state index contributed by atoms with van der Waals surface area (Å²) in [4.78, 5) is 2.62. The standard InChI is InChI=1S/C22H24ClN3O3S/c1-30(27,28)17-6-5-15-10-20(26-8-2-3-16(25)13-26)22(18(15)11-17)29-21-7-4-14(12-24)9-19(21)23/h4-7,9,11,16,20,22H,2-3,8,10,13,25H2,1H3. The number of likely N-dealkylation sites (tertiary alicyclic amines) is 1. The van der Waals surface area contributed by atoms with Crippen LogP contribution in [-0.2, 0) is 16.3 Å². The number of rotatable bonds is 4. The maximum Gasteiger partial charge on any atom is 0.175 e. The molecule has 1 aliphatic heterocycles. The Morgan fingerprint density at radius 2 is 2.07 bits per heavy atom. The molecule has 1 heterocycles. The molecule has 0 amide bonds. The molecular formula is C22H24ClN3O3S. The number of benzene rings is 2. The zero-order valence-electron chi connectivity index (χ0n) is 16.7. The summed E-state index contributed by atoms with van der Waals surface area (Å²) in [5, 5.41) is 9.44. The topological polar surface area (TPSA) is 96.4 Å². The lowest BCUT2D eigenvalue weighted by atomic mass is 10.0. The lowest BCUT2D eigenvalue weighted by molar-refractivity contribution is 0.0593. The molecule has 30 heavy (non-hydrogen) atoms. The van der Waals surface area contributed by atoms with Crippen LogP contribution in [0.4, 0.5) is 0 Å². The van der Waals surface area contributed by atoms with Crippen molar-refractivity contribution in [1.29, 1.82) is 5.26 Å². The van der Waals surface area contributed by atoms with E-state index in [4.69, 9.17) is 27.3 Å². The summed E-state index contributed by atoms with van der Waals surface area (Å²) in [5.41, 5.74) is 8.61. The summed E-state index contributed by atoms with van der Waals surface area (Å²) >= 11 is 6.37. The highest BCUT2D eigenvalue weighted by atomic mass is 35.5. The lowest BCUT2D eigenvalue weighted by Crippen LogP contribution is -2.49. The average Bonchev–Trinajstić information content (AvgIpc) is 3.06. The van der Waals surface area contributed by atoms with Gasteiger partial charge in [0, 0.05) is 18.8 Å². The third-order valence-electron chi connectivity index (χ3n) is 5.90. The highest BCUT2D eigenvalue weighted by molar-refractivity contribution is 7.90. The number of hydrogen-bond acceptors (Lipinski definition) is 6. The van der Waals surface area contributed by atoms with Crippen molar-refractivity contribution in [1.82, 2.24) is 4.90 Å². The molecule has 0 spiro atoms. The van der Waals surface area contributed by atoms with Crippen LogP contribution in [0.15, 0.2) is 41.3 Å². The fourth-order valence-electron chi connectivity index (χ4n) is 4.40.